The minimum absolute atomic E-state index is 0.0555. The van der Waals surface area contributed by atoms with Gasteiger partial charge in [-0.3, -0.25) is 4.79 Å². The molecule has 21 heavy (non-hydrogen) atoms. The summed E-state index contributed by atoms with van der Waals surface area (Å²) in [6.45, 7) is 3.91. The van der Waals surface area contributed by atoms with Crippen molar-refractivity contribution in [2.45, 2.75) is 38.8 Å². The van der Waals surface area contributed by atoms with Gasteiger partial charge in [-0.2, -0.15) is 0 Å². The van der Waals surface area contributed by atoms with Crippen molar-refractivity contribution in [1.29, 1.82) is 0 Å². The van der Waals surface area contributed by atoms with E-state index in [1.54, 1.807) is 0 Å². The van der Waals surface area contributed by atoms with Gasteiger partial charge in [-0.1, -0.05) is 12.1 Å². The average molecular weight is 311 g/mol. The van der Waals surface area contributed by atoms with E-state index >= 15 is 0 Å². The van der Waals surface area contributed by atoms with Crippen LogP contribution in [0.5, 0.6) is 5.75 Å². The van der Waals surface area contributed by atoms with Gasteiger partial charge in [-0.25, -0.2) is 8.42 Å². The van der Waals surface area contributed by atoms with E-state index in [1.165, 1.54) is 0 Å². The number of amides is 1. The third kappa shape index (κ3) is 5.04. The molecule has 0 aliphatic carbocycles. The lowest BCUT2D eigenvalue weighted by Crippen LogP contribution is -2.36. The summed E-state index contributed by atoms with van der Waals surface area (Å²) in [5.41, 5.74) is 0.879. The highest BCUT2D eigenvalue weighted by Gasteiger charge is 2.28. The summed E-state index contributed by atoms with van der Waals surface area (Å²) < 4.78 is 28.2. The molecule has 0 spiro atoms. The van der Waals surface area contributed by atoms with Crippen molar-refractivity contribution in [3.63, 3.8) is 0 Å². The molecule has 116 valence electrons. The lowest BCUT2D eigenvalue weighted by molar-refractivity contribution is -0.121. The molecule has 1 aliphatic heterocycles. The smallest absolute Gasteiger partial charge is 0.224 e. The topological polar surface area (TPSA) is 72.5 Å². The van der Waals surface area contributed by atoms with Crippen LogP contribution >= 0.6 is 0 Å². The van der Waals surface area contributed by atoms with Crippen molar-refractivity contribution in [3.8, 4) is 5.75 Å². The van der Waals surface area contributed by atoms with Crippen molar-refractivity contribution >= 4 is 15.7 Å². The first-order chi connectivity index (χ1) is 9.84. The standard InChI is InChI=1S/C15H21NO4S/c1-11(2)20-14-5-3-12(4-6-14)9-15(17)16-13-7-8-21(18,19)10-13/h3-6,11,13H,7-10H2,1-2H3,(H,16,17). The molecular formula is C15H21NO4S. The van der Waals surface area contributed by atoms with Crippen LogP contribution in [0, 0.1) is 0 Å². The molecule has 2 rings (SSSR count). The molecule has 0 saturated carbocycles. The number of nitrogens with one attached hydrogen (secondary N) is 1. The number of ether oxygens (including phenoxy) is 1. The summed E-state index contributed by atoms with van der Waals surface area (Å²) >= 11 is 0. The predicted molar refractivity (Wildman–Crippen MR) is 81.1 cm³/mol. The molecular weight excluding hydrogens is 290 g/mol. The monoisotopic (exact) mass is 311 g/mol. The van der Waals surface area contributed by atoms with E-state index in [-0.39, 0.29) is 36.0 Å². The second-order valence-corrected chi connectivity index (χ2v) is 7.88. The van der Waals surface area contributed by atoms with Crippen molar-refractivity contribution in [2.24, 2.45) is 0 Å². The number of hydrogen-bond donors (Lipinski definition) is 1. The Morgan fingerprint density at radius 2 is 2.00 bits per heavy atom. The molecule has 0 bridgehead atoms. The van der Waals surface area contributed by atoms with Crippen molar-refractivity contribution in [3.05, 3.63) is 29.8 Å². The molecule has 1 amide bonds. The lowest BCUT2D eigenvalue weighted by Gasteiger charge is -2.12. The van der Waals surface area contributed by atoms with Gasteiger partial charge in [0.05, 0.1) is 24.0 Å². The Morgan fingerprint density at radius 1 is 1.33 bits per heavy atom. The molecule has 6 heteroatoms. The fourth-order valence-electron chi connectivity index (χ4n) is 2.33. The molecule has 1 aromatic carbocycles. The van der Waals surface area contributed by atoms with Crippen LogP contribution in [0.3, 0.4) is 0 Å². The van der Waals surface area contributed by atoms with Crippen LogP contribution in [0.25, 0.3) is 0 Å². The molecule has 1 heterocycles. The summed E-state index contributed by atoms with van der Waals surface area (Å²) in [5, 5.41) is 2.78. The van der Waals surface area contributed by atoms with E-state index in [0.29, 0.717) is 6.42 Å². The highest BCUT2D eigenvalue weighted by Crippen LogP contribution is 2.15. The maximum absolute atomic E-state index is 11.9. The van der Waals surface area contributed by atoms with Crippen LogP contribution in [-0.2, 0) is 21.1 Å². The largest absolute Gasteiger partial charge is 0.491 e. The van der Waals surface area contributed by atoms with Crippen LogP contribution in [0.4, 0.5) is 0 Å². The maximum Gasteiger partial charge on any atom is 0.224 e. The zero-order valence-electron chi connectivity index (χ0n) is 12.3. The van der Waals surface area contributed by atoms with Gasteiger partial charge in [0, 0.05) is 6.04 Å². The molecule has 5 nitrogen and oxygen atoms in total. The van der Waals surface area contributed by atoms with E-state index in [1.807, 2.05) is 38.1 Å². The molecule has 1 aromatic rings. The summed E-state index contributed by atoms with van der Waals surface area (Å²) in [4.78, 5) is 11.9. The lowest BCUT2D eigenvalue weighted by atomic mass is 10.1. The molecule has 1 N–H and O–H groups in total. The number of sulfone groups is 1. The molecule has 0 radical (unpaired) electrons. The van der Waals surface area contributed by atoms with E-state index in [9.17, 15) is 13.2 Å². The van der Waals surface area contributed by atoms with E-state index in [0.717, 1.165) is 11.3 Å². The highest BCUT2D eigenvalue weighted by atomic mass is 32.2. The first-order valence-corrected chi connectivity index (χ1v) is 8.91. The third-order valence-electron chi connectivity index (χ3n) is 3.26. The second-order valence-electron chi connectivity index (χ2n) is 5.65. The molecule has 1 unspecified atom stereocenters. The van der Waals surface area contributed by atoms with Gasteiger partial charge in [0.1, 0.15) is 5.75 Å². The van der Waals surface area contributed by atoms with Gasteiger partial charge in [-0.05, 0) is 38.0 Å². The summed E-state index contributed by atoms with van der Waals surface area (Å²) in [6, 6.07) is 7.13. The molecule has 1 atom stereocenters. The molecule has 0 aromatic heterocycles. The van der Waals surface area contributed by atoms with Gasteiger partial charge < -0.3 is 10.1 Å². The summed E-state index contributed by atoms with van der Waals surface area (Å²) in [5.74, 6) is 0.852. The van der Waals surface area contributed by atoms with Crippen LogP contribution in [0.1, 0.15) is 25.8 Å². The molecule has 1 fully saturated rings. The summed E-state index contributed by atoms with van der Waals surface area (Å²) in [7, 11) is -2.96. The van der Waals surface area contributed by atoms with Gasteiger partial charge in [0.15, 0.2) is 9.84 Å². The van der Waals surface area contributed by atoms with Gasteiger partial charge in [0.25, 0.3) is 0 Å². The van der Waals surface area contributed by atoms with E-state index in [4.69, 9.17) is 4.74 Å². The second kappa shape index (κ2) is 6.47. The first-order valence-electron chi connectivity index (χ1n) is 7.09. The number of carbonyl (C=O) groups excluding carboxylic acids is 1. The first kappa shape index (κ1) is 15.8. The fourth-order valence-corrected chi connectivity index (χ4v) is 4.00. The Morgan fingerprint density at radius 3 is 2.52 bits per heavy atom. The van der Waals surface area contributed by atoms with Crippen molar-refractivity contribution < 1.29 is 17.9 Å². The van der Waals surface area contributed by atoms with Gasteiger partial charge in [-0.15, -0.1) is 0 Å². The van der Waals surface area contributed by atoms with E-state index in [2.05, 4.69) is 5.32 Å². The van der Waals surface area contributed by atoms with Crippen molar-refractivity contribution in [2.75, 3.05) is 11.5 Å². The zero-order chi connectivity index (χ0) is 15.5. The Bertz CT molecular complexity index is 593. The minimum Gasteiger partial charge on any atom is -0.491 e. The van der Waals surface area contributed by atoms with Crippen LogP contribution in [0.15, 0.2) is 24.3 Å². The zero-order valence-corrected chi connectivity index (χ0v) is 13.2. The predicted octanol–water partition coefficient (Wildman–Crippen LogP) is 1.32. The van der Waals surface area contributed by atoms with Crippen LogP contribution < -0.4 is 10.1 Å². The van der Waals surface area contributed by atoms with Crippen molar-refractivity contribution in [1.82, 2.24) is 5.32 Å². The highest BCUT2D eigenvalue weighted by molar-refractivity contribution is 7.91. The Kier molecular flexibility index (Phi) is 4.88. The van der Waals surface area contributed by atoms with Gasteiger partial charge >= 0.3 is 0 Å². The number of rotatable bonds is 5. The van der Waals surface area contributed by atoms with Crippen LogP contribution in [0.2, 0.25) is 0 Å². The third-order valence-corrected chi connectivity index (χ3v) is 5.03. The number of hydrogen-bond acceptors (Lipinski definition) is 4. The van der Waals surface area contributed by atoms with Crippen LogP contribution in [-0.4, -0.2) is 38.0 Å². The Balaban J connectivity index is 1.85. The van der Waals surface area contributed by atoms with E-state index < -0.39 is 9.84 Å². The maximum atomic E-state index is 11.9. The van der Waals surface area contributed by atoms with Gasteiger partial charge in [0.2, 0.25) is 5.91 Å². The molecule has 1 saturated heterocycles. The normalized spacial score (nSPS) is 20.4. The Hall–Kier alpha value is -1.56. The SMILES string of the molecule is CC(C)Oc1ccc(CC(=O)NC2CCS(=O)(=O)C2)cc1. The summed E-state index contributed by atoms with van der Waals surface area (Å²) in [6.07, 6.45) is 0.872. The average Bonchev–Trinajstić information content (AvgIpc) is 2.70. The molecule has 1 aliphatic rings. The Labute approximate surface area is 125 Å². The minimum atomic E-state index is -2.96. The number of carbonyl (C=O) groups is 1. The number of benzene rings is 1. The quantitative estimate of drug-likeness (QED) is 0.890. The fraction of sp³-hybridized carbons (Fsp3) is 0.533.